The summed E-state index contributed by atoms with van der Waals surface area (Å²) >= 11 is 7.31. The number of thioether (sulfide) groups is 1. The van der Waals surface area contributed by atoms with Crippen molar-refractivity contribution in [2.45, 2.75) is 25.0 Å². The molecule has 2 aromatic heterocycles. The zero-order chi connectivity index (χ0) is 17.4. The first-order chi connectivity index (χ1) is 11.6. The van der Waals surface area contributed by atoms with Crippen molar-refractivity contribution in [2.24, 2.45) is 0 Å². The molecule has 2 heterocycles. The van der Waals surface area contributed by atoms with E-state index in [9.17, 15) is 4.79 Å². The van der Waals surface area contributed by atoms with Gasteiger partial charge in [-0.05, 0) is 18.6 Å². The molecule has 0 spiro atoms. The van der Waals surface area contributed by atoms with Gasteiger partial charge in [0.15, 0.2) is 5.16 Å². The summed E-state index contributed by atoms with van der Waals surface area (Å²) in [6.45, 7) is 3.38. The number of aromatic nitrogens is 3. The lowest BCUT2D eigenvalue weighted by molar-refractivity contribution is -0.118. The van der Waals surface area contributed by atoms with Crippen LogP contribution in [0, 0.1) is 0 Å². The lowest BCUT2D eigenvalue weighted by Gasteiger charge is -2.17. The molecule has 0 aromatic carbocycles. The number of nitrogens with zero attached hydrogens (tertiary/aromatic N) is 4. The number of nitrogens with one attached hydrogen (secondary N) is 1. The van der Waals surface area contributed by atoms with Gasteiger partial charge in [0.2, 0.25) is 5.91 Å². The van der Waals surface area contributed by atoms with Gasteiger partial charge in [-0.3, -0.25) is 9.78 Å². The summed E-state index contributed by atoms with van der Waals surface area (Å²) in [5.41, 5.74) is 0.818. The minimum absolute atomic E-state index is 0.0994. The van der Waals surface area contributed by atoms with Crippen molar-refractivity contribution in [3.8, 4) is 0 Å². The Hall–Kier alpha value is -1.86. The van der Waals surface area contributed by atoms with E-state index in [4.69, 9.17) is 11.6 Å². The highest BCUT2D eigenvalue weighted by Crippen LogP contribution is 2.21. The number of amides is 1. The highest BCUT2D eigenvalue weighted by Gasteiger charge is 2.10. The third-order valence-corrected chi connectivity index (χ3v) is 4.18. The van der Waals surface area contributed by atoms with E-state index in [1.807, 2.05) is 30.1 Å². The highest BCUT2D eigenvalue weighted by atomic mass is 35.5. The molecule has 1 N–H and O–H groups in total. The smallest absolute Gasteiger partial charge is 0.230 e. The molecule has 0 aliphatic carbocycles. The van der Waals surface area contributed by atoms with E-state index in [1.54, 1.807) is 12.3 Å². The van der Waals surface area contributed by atoms with Gasteiger partial charge < -0.3 is 10.2 Å². The van der Waals surface area contributed by atoms with Gasteiger partial charge in [-0.1, -0.05) is 36.4 Å². The number of halogens is 1. The molecule has 0 aliphatic heterocycles. The molecule has 0 saturated heterocycles. The van der Waals surface area contributed by atoms with E-state index in [1.165, 1.54) is 11.8 Å². The average Bonchev–Trinajstić information content (AvgIpc) is 2.59. The predicted octanol–water partition coefficient (Wildman–Crippen LogP) is 2.78. The highest BCUT2D eigenvalue weighted by molar-refractivity contribution is 7.99. The van der Waals surface area contributed by atoms with Crippen LogP contribution in [0.3, 0.4) is 0 Å². The fourth-order valence-corrected chi connectivity index (χ4v) is 2.88. The van der Waals surface area contributed by atoms with Crippen molar-refractivity contribution in [3.63, 3.8) is 0 Å². The number of rotatable bonds is 8. The number of hydrogen-bond acceptors (Lipinski definition) is 6. The second-order valence-electron chi connectivity index (χ2n) is 5.14. The maximum Gasteiger partial charge on any atom is 0.230 e. The molecular formula is C16H20ClN5OS. The summed E-state index contributed by atoms with van der Waals surface area (Å²) in [6.07, 6.45) is 2.71. The maximum absolute atomic E-state index is 11.9. The minimum atomic E-state index is -0.0994. The average molecular weight is 366 g/mol. The maximum atomic E-state index is 11.9. The van der Waals surface area contributed by atoms with Crippen LogP contribution in [-0.4, -0.2) is 40.2 Å². The number of hydrogen-bond donors (Lipinski definition) is 1. The Morgan fingerprint density at radius 2 is 2.21 bits per heavy atom. The van der Waals surface area contributed by atoms with E-state index in [-0.39, 0.29) is 11.7 Å². The van der Waals surface area contributed by atoms with Crippen LogP contribution in [0.5, 0.6) is 0 Å². The van der Waals surface area contributed by atoms with Gasteiger partial charge in [-0.2, -0.15) is 0 Å². The number of carbonyl (C=O) groups excluding carboxylic acids is 1. The Kier molecular flexibility index (Phi) is 7.27. The van der Waals surface area contributed by atoms with Crippen LogP contribution in [-0.2, 0) is 11.3 Å². The summed E-state index contributed by atoms with van der Waals surface area (Å²) in [5, 5.41) is 3.69. The summed E-state index contributed by atoms with van der Waals surface area (Å²) in [7, 11) is 1.95. The van der Waals surface area contributed by atoms with E-state index < -0.39 is 0 Å². The molecule has 0 atom stereocenters. The van der Waals surface area contributed by atoms with Crippen molar-refractivity contribution in [1.29, 1.82) is 0 Å². The van der Waals surface area contributed by atoms with Crippen LogP contribution in [0.1, 0.15) is 19.0 Å². The summed E-state index contributed by atoms with van der Waals surface area (Å²) in [4.78, 5) is 26.7. The molecule has 0 radical (unpaired) electrons. The van der Waals surface area contributed by atoms with Crippen LogP contribution in [0.4, 0.5) is 5.82 Å². The normalized spacial score (nSPS) is 10.5. The molecule has 128 valence electrons. The number of anilines is 1. The molecule has 2 aromatic rings. The number of carbonyl (C=O) groups is 1. The Morgan fingerprint density at radius 3 is 2.92 bits per heavy atom. The molecular weight excluding hydrogens is 346 g/mol. The van der Waals surface area contributed by atoms with Gasteiger partial charge in [-0.15, -0.1) is 0 Å². The number of pyridine rings is 1. The van der Waals surface area contributed by atoms with Gasteiger partial charge in [0, 0.05) is 25.9 Å². The van der Waals surface area contributed by atoms with Gasteiger partial charge >= 0.3 is 0 Å². The van der Waals surface area contributed by atoms with Crippen molar-refractivity contribution in [2.75, 3.05) is 24.2 Å². The molecule has 0 aliphatic rings. The monoisotopic (exact) mass is 365 g/mol. The fraction of sp³-hybridized carbons (Fsp3) is 0.375. The molecule has 0 fully saturated rings. The molecule has 2 rings (SSSR count). The van der Waals surface area contributed by atoms with E-state index in [2.05, 4.69) is 27.2 Å². The molecule has 0 saturated carbocycles. The Bertz CT molecular complexity index is 671. The Morgan fingerprint density at radius 1 is 1.38 bits per heavy atom. The van der Waals surface area contributed by atoms with Gasteiger partial charge in [-0.25, -0.2) is 9.97 Å². The molecule has 1 amide bonds. The van der Waals surface area contributed by atoms with E-state index in [0.717, 1.165) is 24.5 Å². The SMILES string of the molecule is CCCN(C)c1cc(Cl)nc(SCC(=O)NCc2ccccn2)n1. The predicted molar refractivity (Wildman–Crippen MR) is 97.4 cm³/mol. The lowest BCUT2D eigenvalue weighted by Crippen LogP contribution is -2.25. The van der Waals surface area contributed by atoms with Crippen LogP contribution in [0.2, 0.25) is 5.15 Å². The van der Waals surface area contributed by atoms with E-state index in [0.29, 0.717) is 16.9 Å². The largest absolute Gasteiger partial charge is 0.360 e. The first-order valence-electron chi connectivity index (χ1n) is 7.63. The third kappa shape index (κ3) is 5.98. The van der Waals surface area contributed by atoms with Crippen LogP contribution in [0.15, 0.2) is 35.6 Å². The van der Waals surface area contributed by atoms with Crippen molar-refractivity contribution in [1.82, 2.24) is 20.3 Å². The first-order valence-corrected chi connectivity index (χ1v) is 9.00. The lowest BCUT2D eigenvalue weighted by atomic mass is 10.3. The molecule has 0 bridgehead atoms. The molecule has 8 heteroatoms. The second kappa shape index (κ2) is 9.44. The van der Waals surface area contributed by atoms with Gasteiger partial charge in [0.1, 0.15) is 11.0 Å². The van der Waals surface area contributed by atoms with Crippen molar-refractivity contribution >= 4 is 35.1 Å². The zero-order valence-corrected chi connectivity index (χ0v) is 15.3. The van der Waals surface area contributed by atoms with Gasteiger partial charge in [0.05, 0.1) is 18.0 Å². The Labute approximate surface area is 151 Å². The topological polar surface area (TPSA) is 71.0 Å². The van der Waals surface area contributed by atoms with Crippen LogP contribution in [0.25, 0.3) is 0 Å². The third-order valence-electron chi connectivity index (χ3n) is 3.14. The first kappa shape index (κ1) is 18.5. The van der Waals surface area contributed by atoms with Crippen molar-refractivity contribution in [3.05, 3.63) is 41.3 Å². The molecule has 0 unspecified atom stereocenters. The zero-order valence-electron chi connectivity index (χ0n) is 13.7. The molecule has 6 nitrogen and oxygen atoms in total. The van der Waals surface area contributed by atoms with Gasteiger partial charge in [0.25, 0.3) is 0 Å². The summed E-state index contributed by atoms with van der Waals surface area (Å²) in [6, 6.07) is 7.31. The minimum Gasteiger partial charge on any atom is -0.360 e. The molecule has 24 heavy (non-hydrogen) atoms. The van der Waals surface area contributed by atoms with Crippen LogP contribution >= 0.6 is 23.4 Å². The Balaban J connectivity index is 1.88. The quantitative estimate of drug-likeness (QED) is 0.440. The standard InChI is InChI=1S/C16H20ClN5OS/c1-3-8-22(2)14-9-13(17)20-16(21-14)24-11-15(23)19-10-12-6-4-5-7-18-12/h4-7,9H,3,8,10-11H2,1-2H3,(H,19,23). The second-order valence-corrected chi connectivity index (χ2v) is 6.47. The summed E-state index contributed by atoms with van der Waals surface area (Å²) in [5.74, 6) is 0.885. The fourth-order valence-electron chi connectivity index (χ4n) is 1.97. The summed E-state index contributed by atoms with van der Waals surface area (Å²) < 4.78 is 0. The van der Waals surface area contributed by atoms with Crippen LogP contribution < -0.4 is 10.2 Å². The van der Waals surface area contributed by atoms with E-state index >= 15 is 0 Å². The van der Waals surface area contributed by atoms with Crippen molar-refractivity contribution < 1.29 is 4.79 Å².